The first kappa shape index (κ1) is 8.72. The Morgan fingerprint density at radius 2 is 2.33 bits per heavy atom. The van der Waals surface area contributed by atoms with Crippen molar-refractivity contribution in [1.29, 1.82) is 0 Å². The normalized spacial score (nSPS) is 13.8. The first-order valence-corrected chi connectivity index (χ1v) is 3.08. The van der Waals surface area contributed by atoms with E-state index in [1.165, 1.54) is 4.42 Å². The lowest BCUT2D eigenvalue weighted by Gasteiger charge is -2.14. The number of aliphatic carboxylic acids is 1. The molecule has 1 atom stereocenters. The highest BCUT2D eigenvalue weighted by atomic mass is 35.5. The molecule has 9 heavy (non-hydrogen) atoms. The van der Waals surface area contributed by atoms with Crippen molar-refractivity contribution in [2.24, 2.45) is 0 Å². The molecule has 54 valence electrons. The summed E-state index contributed by atoms with van der Waals surface area (Å²) in [6.07, 6.45) is 0. The van der Waals surface area contributed by atoms with E-state index in [0.717, 1.165) is 0 Å². The molecule has 0 saturated heterocycles. The van der Waals surface area contributed by atoms with Gasteiger partial charge in [-0.05, 0) is 18.7 Å². The van der Waals surface area contributed by atoms with E-state index in [9.17, 15) is 4.79 Å². The summed E-state index contributed by atoms with van der Waals surface area (Å²) in [5, 5.41) is 8.36. The van der Waals surface area contributed by atoms with Crippen molar-refractivity contribution in [2.75, 3.05) is 6.54 Å². The van der Waals surface area contributed by atoms with Gasteiger partial charge in [-0.15, -0.1) is 0 Å². The summed E-state index contributed by atoms with van der Waals surface area (Å²) in [6, 6.07) is -0.600. The quantitative estimate of drug-likeness (QED) is 0.611. The van der Waals surface area contributed by atoms with Crippen molar-refractivity contribution in [2.45, 2.75) is 19.9 Å². The van der Waals surface area contributed by atoms with Gasteiger partial charge >= 0.3 is 5.97 Å². The van der Waals surface area contributed by atoms with Gasteiger partial charge in [0.1, 0.15) is 6.04 Å². The van der Waals surface area contributed by atoms with Crippen LogP contribution in [0.25, 0.3) is 0 Å². The summed E-state index contributed by atoms with van der Waals surface area (Å²) >= 11 is 5.46. The maximum atomic E-state index is 10.2. The Morgan fingerprint density at radius 1 is 1.89 bits per heavy atom. The second kappa shape index (κ2) is 3.69. The summed E-state index contributed by atoms with van der Waals surface area (Å²) in [5.74, 6) is -0.896. The zero-order valence-electron chi connectivity index (χ0n) is 5.47. The minimum atomic E-state index is -0.896. The molecule has 1 N–H and O–H groups in total. The van der Waals surface area contributed by atoms with E-state index < -0.39 is 12.0 Å². The first-order chi connectivity index (χ1) is 4.09. The lowest BCUT2D eigenvalue weighted by molar-refractivity contribution is -0.140. The fraction of sp³-hybridized carbons (Fsp3) is 0.800. The third-order valence-corrected chi connectivity index (χ3v) is 1.61. The molecule has 0 saturated carbocycles. The van der Waals surface area contributed by atoms with Crippen LogP contribution in [-0.2, 0) is 4.79 Å². The number of carboxylic acid groups (broad SMARTS) is 1. The molecule has 0 radical (unpaired) electrons. The Balaban J connectivity index is 3.72. The molecule has 0 bridgehead atoms. The van der Waals surface area contributed by atoms with Crippen molar-refractivity contribution in [3.63, 3.8) is 0 Å². The Hall–Kier alpha value is -0.280. The lowest BCUT2D eigenvalue weighted by Crippen LogP contribution is -2.31. The molecule has 0 aromatic rings. The van der Waals surface area contributed by atoms with Crippen molar-refractivity contribution in [1.82, 2.24) is 4.42 Å². The number of likely N-dealkylation sites (N-methyl/N-ethyl adjacent to an activating group) is 1. The van der Waals surface area contributed by atoms with Gasteiger partial charge in [0, 0.05) is 6.54 Å². The van der Waals surface area contributed by atoms with Gasteiger partial charge < -0.3 is 5.11 Å². The molecule has 0 amide bonds. The maximum Gasteiger partial charge on any atom is 0.321 e. The van der Waals surface area contributed by atoms with Crippen LogP contribution in [0.1, 0.15) is 13.8 Å². The smallest absolute Gasteiger partial charge is 0.321 e. The monoisotopic (exact) mass is 151 g/mol. The summed E-state index contributed by atoms with van der Waals surface area (Å²) in [5.41, 5.74) is 0. The molecule has 0 unspecified atom stereocenters. The maximum absolute atomic E-state index is 10.2. The zero-order chi connectivity index (χ0) is 7.44. The average molecular weight is 152 g/mol. The molecule has 0 aliphatic carbocycles. The van der Waals surface area contributed by atoms with Gasteiger partial charge in [0.2, 0.25) is 0 Å². The predicted molar refractivity (Wildman–Crippen MR) is 35.3 cm³/mol. The fourth-order valence-corrected chi connectivity index (χ4v) is 0.477. The minimum absolute atomic E-state index is 0.537. The standard InChI is InChI=1S/C5H10ClNO2/c1-3-7(6)4(2)5(8)9/h4H,3H2,1-2H3,(H,8,9)/t4-/m0/s1. The average Bonchev–Trinajstić information content (AvgIpc) is 1.84. The fourth-order valence-electron chi connectivity index (χ4n) is 0.394. The predicted octanol–water partition coefficient (Wildman–Crippen LogP) is 0.935. The van der Waals surface area contributed by atoms with Crippen LogP contribution in [0, 0.1) is 0 Å². The Morgan fingerprint density at radius 3 is 2.44 bits per heavy atom. The number of carbonyl (C=O) groups is 1. The summed E-state index contributed by atoms with van der Waals surface area (Å²) in [6.45, 7) is 3.88. The van der Waals surface area contributed by atoms with E-state index in [1.54, 1.807) is 13.8 Å². The number of nitrogens with zero attached hydrogens (tertiary/aromatic N) is 1. The largest absolute Gasteiger partial charge is 0.480 e. The molecule has 0 fully saturated rings. The van der Waals surface area contributed by atoms with Crippen LogP contribution in [0.3, 0.4) is 0 Å². The van der Waals surface area contributed by atoms with E-state index in [1.807, 2.05) is 0 Å². The second-order valence-electron chi connectivity index (χ2n) is 1.73. The van der Waals surface area contributed by atoms with Crippen LogP contribution in [0.15, 0.2) is 0 Å². The molecule has 0 aromatic carbocycles. The topological polar surface area (TPSA) is 40.5 Å². The van der Waals surface area contributed by atoms with Gasteiger partial charge in [0.05, 0.1) is 0 Å². The third-order valence-electron chi connectivity index (χ3n) is 1.08. The first-order valence-electron chi connectivity index (χ1n) is 2.74. The van der Waals surface area contributed by atoms with Gasteiger partial charge in [0.15, 0.2) is 0 Å². The molecule has 0 aromatic heterocycles. The molecule has 4 heteroatoms. The van der Waals surface area contributed by atoms with Crippen molar-refractivity contribution in [3.05, 3.63) is 0 Å². The van der Waals surface area contributed by atoms with Crippen LogP contribution >= 0.6 is 11.8 Å². The minimum Gasteiger partial charge on any atom is -0.480 e. The van der Waals surface area contributed by atoms with Crippen LogP contribution in [0.5, 0.6) is 0 Å². The van der Waals surface area contributed by atoms with Crippen LogP contribution in [0.4, 0.5) is 0 Å². The highest BCUT2D eigenvalue weighted by Gasteiger charge is 2.15. The molecule has 0 heterocycles. The Labute approximate surface area is 59.3 Å². The highest BCUT2D eigenvalue weighted by molar-refractivity contribution is 6.14. The number of carboxylic acids is 1. The SMILES string of the molecule is CCN(Cl)[C@@H](C)C(=O)O. The highest BCUT2D eigenvalue weighted by Crippen LogP contribution is 2.00. The summed E-state index contributed by atoms with van der Waals surface area (Å²) in [7, 11) is 0. The van der Waals surface area contributed by atoms with E-state index in [4.69, 9.17) is 16.9 Å². The summed E-state index contributed by atoms with van der Waals surface area (Å²) in [4.78, 5) is 10.2. The van der Waals surface area contributed by atoms with E-state index in [2.05, 4.69) is 0 Å². The van der Waals surface area contributed by atoms with Crippen molar-refractivity contribution >= 4 is 17.7 Å². The Bertz CT molecular complexity index is 107. The molecule has 0 aliphatic heterocycles. The van der Waals surface area contributed by atoms with E-state index in [0.29, 0.717) is 6.54 Å². The zero-order valence-corrected chi connectivity index (χ0v) is 6.22. The Kier molecular flexibility index (Phi) is 3.58. The van der Waals surface area contributed by atoms with Crippen LogP contribution in [-0.4, -0.2) is 28.1 Å². The van der Waals surface area contributed by atoms with Crippen molar-refractivity contribution < 1.29 is 9.90 Å². The molecular formula is C5H10ClNO2. The third kappa shape index (κ3) is 2.67. The molecule has 0 rings (SSSR count). The number of rotatable bonds is 3. The molecule has 3 nitrogen and oxygen atoms in total. The van der Waals surface area contributed by atoms with E-state index >= 15 is 0 Å². The number of halogens is 1. The molecule has 0 spiro atoms. The van der Waals surface area contributed by atoms with Gasteiger partial charge in [-0.3, -0.25) is 4.79 Å². The number of hydrogen-bond acceptors (Lipinski definition) is 2. The lowest BCUT2D eigenvalue weighted by atomic mass is 10.3. The molecule has 0 aliphatic rings. The van der Waals surface area contributed by atoms with Gasteiger partial charge in [-0.1, -0.05) is 6.92 Å². The van der Waals surface area contributed by atoms with Crippen LogP contribution in [0.2, 0.25) is 0 Å². The van der Waals surface area contributed by atoms with Gasteiger partial charge in [-0.2, -0.15) is 0 Å². The summed E-state index contributed by atoms with van der Waals surface area (Å²) < 4.78 is 1.24. The van der Waals surface area contributed by atoms with Crippen molar-refractivity contribution in [3.8, 4) is 0 Å². The number of hydrogen-bond donors (Lipinski definition) is 1. The second-order valence-corrected chi connectivity index (χ2v) is 2.16. The van der Waals surface area contributed by atoms with Crippen LogP contribution < -0.4 is 0 Å². The van der Waals surface area contributed by atoms with E-state index in [-0.39, 0.29) is 0 Å². The molecular weight excluding hydrogens is 142 g/mol. The van der Waals surface area contributed by atoms with Gasteiger partial charge in [0.25, 0.3) is 0 Å². The van der Waals surface area contributed by atoms with Gasteiger partial charge in [-0.25, -0.2) is 4.42 Å².